The lowest BCUT2D eigenvalue weighted by Gasteiger charge is -2.23. The molecule has 2 aliphatic heterocycles. The van der Waals surface area contributed by atoms with Crippen molar-refractivity contribution in [2.45, 2.75) is 6.92 Å². The van der Waals surface area contributed by atoms with Crippen molar-refractivity contribution in [1.29, 1.82) is 0 Å². The number of hydrogen-bond acceptors (Lipinski definition) is 7. The molecule has 0 fully saturated rings. The van der Waals surface area contributed by atoms with Gasteiger partial charge in [-0.3, -0.25) is 3.11 Å². The number of phenols is 1. The first-order valence-electron chi connectivity index (χ1n) is 8.07. The van der Waals surface area contributed by atoms with Crippen molar-refractivity contribution in [3.8, 4) is 11.5 Å². The van der Waals surface area contributed by atoms with Gasteiger partial charge in [0.05, 0.1) is 11.4 Å². The summed E-state index contributed by atoms with van der Waals surface area (Å²) in [6.45, 7) is 3.43. The molecule has 0 saturated heterocycles. The van der Waals surface area contributed by atoms with Gasteiger partial charge in [0.15, 0.2) is 2.96 Å². The second-order valence-electron chi connectivity index (χ2n) is 5.64. The molecule has 0 amide bonds. The average molecular weight is 480 g/mol. The fraction of sp³-hybridized carbons (Fsp3) is 0.167. The van der Waals surface area contributed by atoms with Crippen LogP contribution in [-0.2, 0) is 0 Å². The van der Waals surface area contributed by atoms with Gasteiger partial charge in [0.2, 0.25) is 0 Å². The zero-order valence-corrected chi connectivity index (χ0v) is 17.0. The van der Waals surface area contributed by atoms with Crippen molar-refractivity contribution >= 4 is 52.8 Å². The molecule has 2 aliphatic rings. The largest absolute Gasteiger partial charge is 0.506 e. The monoisotopic (exact) mass is 480 g/mol. The average Bonchev–Trinajstić information content (AvgIpc) is 2.68. The first-order chi connectivity index (χ1) is 12.7. The third-order valence-corrected chi connectivity index (χ3v) is 8.15. The molecule has 4 rings (SSSR count). The number of ether oxygens (including phenoxy) is 1. The van der Waals surface area contributed by atoms with Gasteiger partial charge in [-0.2, -0.15) is 0 Å². The van der Waals surface area contributed by atoms with E-state index in [1.165, 1.54) is 5.70 Å². The highest BCUT2D eigenvalue weighted by Gasteiger charge is 2.16. The number of hydrogen-bond donors (Lipinski definition) is 2. The first-order valence-corrected chi connectivity index (χ1v) is 11.0. The van der Waals surface area contributed by atoms with Gasteiger partial charge >= 0.3 is 0 Å². The third-order valence-electron chi connectivity index (χ3n) is 3.76. The zero-order valence-electron chi connectivity index (χ0n) is 14.0. The quantitative estimate of drug-likeness (QED) is 0.351. The predicted molar refractivity (Wildman–Crippen MR) is 116 cm³/mol. The molecule has 0 atom stereocenters. The molecule has 26 heavy (non-hydrogen) atoms. The molecular weight excluding hydrogens is 463 g/mol. The number of rotatable bonds is 3. The summed E-state index contributed by atoms with van der Waals surface area (Å²) in [5.41, 5.74) is 3.58. The van der Waals surface area contributed by atoms with E-state index in [9.17, 15) is 5.11 Å². The number of benzene rings is 2. The number of halogens is 1. The van der Waals surface area contributed by atoms with Crippen LogP contribution in [0.4, 0.5) is 17.1 Å². The Morgan fingerprint density at radius 3 is 2.92 bits per heavy atom. The fourth-order valence-corrected chi connectivity index (χ4v) is 6.14. The number of anilines is 2. The van der Waals surface area contributed by atoms with E-state index in [-0.39, 0.29) is 5.75 Å². The molecular formula is C18H17IN4O2S. The van der Waals surface area contributed by atoms with E-state index >= 15 is 0 Å². The van der Waals surface area contributed by atoms with Crippen LogP contribution < -0.4 is 13.2 Å². The van der Waals surface area contributed by atoms with E-state index in [4.69, 9.17) is 4.74 Å². The second kappa shape index (κ2) is 7.67. The van der Waals surface area contributed by atoms with Crippen LogP contribution >= 0.6 is 32.8 Å². The van der Waals surface area contributed by atoms with Crippen LogP contribution in [-0.4, -0.2) is 21.2 Å². The van der Waals surface area contributed by atoms with E-state index in [0.717, 1.165) is 20.9 Å². The molecule has 8 heteroatoms. The number of para-hydroxylation sites is 1. The number of nitrogens with one attached hydrogen (secondary N) is 1. The number of phenolic OH excluding ortho intramolecular Hbond substituents is 1. The summed E-state index contributed by atoms with van der Waals surface area (Å²) in [5, 5.41) is 24.1. The molecule has 0 radical (unpaired) electrons. The van der Waals surface area contributed by atoms with Gasteiger partial charge in [-0.05, 0) is 24.5 Å². The fourth-order valence-electron chi connectivity index (χ4n) is 2.53. The van der Waals surface area contributed by atoms with E-state index in [1.54, 1.807) is 23.9 Å². The number of azo groups is 1. The summed E-state index contributed by atoms with van der Waals surface area (Å²) in [4.78, 5) is 0. The molecule has 6 nitrogen and oxygen atoms in total. The van der Waals surface area contributed by atoms with Crippen molar-refractivity contribution in [3.05, 3.63) is 53.6 Å². The summed E-state index contributed by atoms with van der Waals surface area (Å²) in [6.07, 6.45) is 0. The molecule has 134 valence electrons. The van der Waals surface area contributed by atoms with Gasteiger partial charge in [0.25, 0.3) is 0 Å². The number of fused-ring (bicyclic) bond motifs is 1. The summed E-state index contributed by atoms with van der Waals surface area (Å²) in [6, 6.07) is 13.6. The molecule has 0 aliphatic carbocycles. The van der Waals surface area contributed by atoms with Crippen LogP contribution in [0.25, 0.3) is 0 Å². The minimum absolute atomic E-state index is 0.0942. The number of nitrogens with zero attached hydrogens (tertiary/aromatic N) is 3. The minimum Gasteiger partial charge on any atom is -0.506 e. The van der Waals surface area contributed by atoms with E-state index in [2.05, 4.69) is 43.1 Å². The zero-order chi connectivity index (χ0) is 17.9. The van der Waals surface area contributed by atoms with Gasteiger partial charge in [-0.1, -0.05) is 30.0 Å². The van der Waals surface area contributed by atoms with Crippen molar-refractivity contribution < 1.29 is 9.84 Å². The Labute approximate surface area is 166 Å². The Morgan fingerprint density at radius 2 is 2.08 bits per heavy atom. The second-order valence-corrected chi connectivity index (χ2v) is 9.70. The smallest absolute Gasteiger partial charge is 0.172 e. The molecule has 2 aromatic rings. The van der Waals surface area contributed by atoms with Crippen LogP contribution in [0.3, 0.4) is 0 Å². The van der Waals surface area contributed by atoms with Crippen LogP contribution in [0.2, 0.25) is 0 Å². The highest BCUT2D eigenvalue weighted by atomic mass is 127. The van der Waals surface area contributed by atoms with Gasteiger partial charge < -0.3 is 15.2 Å². The standard InChI is InChI=1S/C18H17IN4O2S/c1-12-11-26-18(19-23(12)13-5-3-2-4-6-13)22-21-14-10-17-15(9-16(14)24)20-7-8-25-17/h2-6,9-11,20,24H,7-8H2,1H3. The summed E-state index contributed by atoms with van der Waals surface area (Å²) < 4.78 is 8.86. The summed E-state index contributed by atoms with van der Waals surface area (Å²) >= 11 is 1.10. The van der Waals surface area contributed by atoms with Crippen LogP contribution in [0, 0.1) is 0 Å². The lowest BCUT2D eigenvalue weighted by Crippen LogP contribution is -2.17. The minimum atomic E-state index is -0.495. The Morgan fingerprint density at radius 1 is 1.23 bits per heavy atom. The summed E-state index contributed by atoms with van der Waals surface area (Å²) in [7, 11) is 0. The van der Waals surface area contributed by atoms with Crippen molar-refractivity contribution in [3.63, 3.8) is 0 Å². The Hall–Kier alpha value is -2.07. The normalized spacial score (nSPS) is 16.7. The van der Waals surface area contributed by atoms with Gasteiger partial charge in [0.1, 0.15) is 23.8 Å². The lowest BCUT2D eigenvalue weighted by atomic mass is 10.2. The maximum atomic E-state index is 10.2. The number of aromatic hydroxyl groups is 1. The molecule has 0 unspecified atom stereocenters. The van der Waals surface area contributed by atoms with Crippen molar-refractivity contribution in [1.82, 2.24) is 0 Å². The number of thioether (sulfide) groups is 1. The number of allylic oxidation sites excluding steroid dienone is 1. The molecule has 0 spiro atoms. The Kier molecular flexibility index (Phi) is 5.11. The van der Waals surface area contributed by atoms with Gasteiger partial charge in [-0.25, -0.2) is 0 Å². The third kappa shape index (κ3) is 3.70. The molecule has 0 aromatic heterocycles. The Bertz CT molecular complexity index is 915. The maximum Gasteiger partial charge on any atom is 0.172 e. The maximum absolute atomic E-state index is 10.2. The van der Waals surface area contributed by atoms with Crippen molar-refractivity contribution in [2.24, 2.45) is 10.2 Å². The van der Waals surface area contributed by atoms with Crippen molar-refractivity contribution in [2.75, 3.05) is 21.6 Å². The van der Waals surface area contributed by atoms with E-state index in [0.29, 0.717) is 18.0 Å². The highest BCUT2D eigenvalue weighted by Crippen LogP contribution is 2.40. The molecule has 2 N–H and O–H groups in total. The van der Waals surface area contributed by atoms with Crippen LogP contribution in [0.5, 0.6) is 11.5 Å². The van der Waals surface area contributed by atoms with Crippen LogP contribution in [0.1, 0.15) is 6.92 Å². The molecule has 0 saturated carbocycles. The lowest BCUT2D eigenvalue weighted by molar-refractivity contribution is 0.322. The molecule has 2 heterocycles. The molecule has 2 aromatic carbocycles. The summed E-state index contributed by atoms with van der Waals surface area (Å²) in [5.74, 6) is 0.789. The topological polar surface area (TPSA) is 69.5 Å². The Balaban J connectivity index is 1.59. The molecule has 0 bridgehead atoms. The first kappa shape index (κ1) is 17.3. The van der Waals surface area contributed by atoms with Gasteiger partial charge in [-0.15, -0.1) is 10.2 Å². The van der Waals surface area contributed by atoms with E-state index < -0.39 is 21.0 Å². The SMILES string of the molecule is CC1=CSC(N=Nc2cc3c(cc2O)NCCO3)=IN1c1ccccc1. The van der Waals surface area contributed by atoms with E-state index in [1.807, 2.05) is 18.2 Å². The van der Waals surface area contributed by atoms with Gasteiger partial charge in [0, 0.05) is 45.4 Å². The van der Waals surface area contributed by atoms with Crippen LogP contribution in [0.15, 0.2) is 63.8 Å². The highest BCUT2D eigenvalue weighted by molar-refractivity contribution is 14.2. The predicted octanol–water partition coefficient (Wildman–Crippen LogP) is 5.37.